The molecule has 0 aromatic heterocycles. The second-order valence-electron chi connectivity index (χ2n) is 22.2. The Morgan fingerprint density at radius 2 is 1.54 bits per heavy atom. The molecule has 5 fully saturated rings. The number of carbonyl (C=O) groups is 5. The highest BCUT2D eigenvalue weighted by Crippen LogP contribution is 2.46. The van der Waals surface area contributed by atoms with E-state index in [4.69, 9.17) is 28.5 Å². The van der Waals surface area contributed by atoms with Crippen LogP contribution in [-0.4, -0.2) is 144 Å². The number of para-hydroxylation sites is 1. The van der Waals surface area contributed by atoms with Gasteiger partial charge in [0.05, 0.1) is 36.1 Å². The van der Waals surface area contributed by atoms with Crippen molar-refractivity contribution < 1.29 is 67.8 Å². The molecule has 1 aromatic carbocycles. The van der Waals surface area contributed by atoms with Crippen LogP contribution in [0.1, 0.15) is 125 Å². The molecular formula is C56H82N2O14. The molecule has 9 unspecified atom stereocenters. The van der Waals surface area contributed by atoms with E-state index in [-0.39, 0.29) is 54.9 Å². The smallest absolute Gasteiger partial charge is 0.329 e. The molecule has 8 heterocycles. The number of benzene rings is 1. The van der Waals surface area contributed by atoms with Crippen LogP contribution in [0.15, 0.2) is 53.6 Å². The molecule has 1 amide bonds. The molecule has 8 aliphatic heterocycles. The zero-order valence-corrected chi connectivity index (χ0v) is 44.0. The number of esters is 1. The van der Waals surface area contributed by atoms with E-state index in [1.165, 1.54) is 12.0 Å². The molecule has 400 valence electrons. The number of ketones is 3. The number of ether oxygens (including phenoxy) is 5. The number of rotatable bonds is 6. The van der Waals surface area contributed by atoms with E-state index < -0.39 is 102 Å². The summed E-state index contributed by atoms with van der Waals surface area (Å²) in [6.45, 7) is 11.1. The van der Waals surface area contributed by atoms with Gasteiger partial charge in [0.2, 0.25) is 5.79 Å². The number of carbonyl (C=O) groups excluding carboxylic acids is 5. The molecule has 1 aliphatic carbocycles. The van der Waals surface area contributed by atoms with E-state index in [1.54, 1.807) is 41.1 Å². The minimum absolute atomic E-state index is 0.0310. The molecule has 0 spiro atoms. The third-order valence-corrected chi connectivity index (χ3v) is 17.3. The van der Waals surface area contributed by atoms with Crippen molar-refractivity contribution in [2.75, 3.05) is 32.9 Å². The topological polar surface area (TPSA) is 208 Å². The van der Waals surface area contributed by atoms with Crippen LogP contribution < -0.4 is 5.06 Å². The molecule has 1 saturated carbocycles. The van der Waals surface area contributed by atoms with Crippen molar-refractivity contribution in [1.82, 2.24) is 4.90 Å². The summed E-state index contributed by atoms with van der Waals surface area (Å²) in [5, 5.41) is 36.6. The zero-order chi connectivity index (χ0) is 52.2. The van der Waals surface area contributed by atoms with Gasteiger partial charge in [0.1, 0.15) is 36.2 Å². The fourth-order valence-electron chi connectivity index (χ4n) is 13.0. The lowest BCUT2D eigenvalue weighted by atomic mass is 9.68. The van der Waals surface area contributed by atoms with Gasteiger partial charge in [-0.1, -0.05) is 58.0 Å². The Kier molecular flexibility index (Phi) is 18.8. The normalized spacial score (nSPS) is 41.2. The predicted octanol–water partition coefficient (Wildman–Crippen LogP) is 6.26. The molecule has 9 aliphatic rings. The van der Waals surface area contributed by atoms with Gasteiger partial charge in [0.15, 0.2) is 5.78 Å². The van der Waals surface area contributed by atoms with E-state index in [1.807, 2.05) is 55.3 Å². The van der Waals surface area contributed by atoms with Gasteiger partial charge in [-0.2, -0.15) is 0 Å². The van der Waals surface area contributed by atoms with E-state index in [9.17, 15) is 39.3 Å². The van der Waals surface area contributed by atoms with Gasteiger partial charge in [-0.25, -0.2) is 4.79 Å². The lowest BCUT2D eigenvalue weighted by Gasteiger charge is -2.50. The largest absolute Gasteiger partial charge is 0.460 e. The molecule has 3 N–H and O–H groups in total. The molecule has 16 heteroatoms. The maximum Gasteiger partial charge on any atom is 0.329 e. The van der Waals surface area contributed by atoms with E-state index in [0.717, 1.165) is 17.7 Å². The number of hydrogen-bond donors (Lipinski definition) is 3. The van der Waals surface area contributed by atoms with Gasteiger partial charge in [0.25, 0.3) is 11.7 Å². The lowest BCUT2D eigenvalue weighted by Crippen LogP contribution is -2.65. The SMILES string of the molecule is CO[C@H]1C[C@@H]2CCC(C)C(O)(O2)C(=O)C(=O)N2CCCC3C2C(=O)O[C@@H](CC(=O)[C@H](C)/C=C(\C)C(O)[C@@H](OC)C(=O)C(C)C[C@H](C)C2CCC(C=C1C)ON2c1ccccc1)[C@H]3C[C@@H]1CCC(O)[C@H](OC)C1. The summed E-state index contributed by atoms with van der Waals surface area (Å²) in [7, 11) is 4.56. The quantitative estimate of drug-likeness (QED) is 0.163. The van der Waals surface area contributed by atoms with Crippen LogP contribution in [0, 0.1) is 41.4 Å². The maximum atomic E-state index is 14.6. The van der Waals surface area contributed by atoms with Crippen LogP contribution in [0.4, 0.5) is 5.69 Å². The number of aliphatic hydroxyl groups excluding tert-OH is 2. The van der Waals surface area contributed by atoms with Crippen LogP contribution in [0.3, 0.4) is 0 Å². The van der Waals surface area contributed by atoms with Crippen molar-refractivity contribution in [3.63, 3.8) is 0 Å². The summed E-state index contributed by atoms with van der Waals surface area (Å²) in [5.74, 6) is -8.70. The average Bonchev–Trinajstić information content (AvgIpc) is 3.37. The number of anilines is 1. The van der Waals surface area contributed by atoms with Gasteiger partial charge in [-0.3, -0.25) is 29.1 Å². The fourth-order valence-corrected chi connectivity index (χ4v) is 13.0. The Balaban J connectivity index is 1.23. The highest BCUT2D eigenvalue weighted by Gasteiger charge is 2.57. The first-order chi connectivity index (χ1) is 34.3. The number of nitrogens with zero attached hydrogens (tertiary/aromatic N) is 2. The number of hydroxylamine groups is 1. The number of allylic oxidation sites excluding steroid dienone is 1. The minimum atomic E-state index is -2.47. The van der Waals surface area contributed by atoms with Gasteiger partial charge < -0.3 is 43.9 Å². The first kappa shape index (κ1) is 55.9. The lowest BCUT2D eigenvalue weighted by molar-refractivity contribution is -0.266. The molecule has 4 saturated heterocycles. The van der Waals surface area contributed by atoms with E-state index in [0.29, 0.717) is 69.8 Å². The van der Waals surface area contributed by atoms with Gasteiger partial charge in [-0.05, 0) is 126 Å². The van der Waals surface area contributed by atoms with Crippen molar-refractivity contribution in [2.24, 2.45) is 41.4 Å². The Morgan fingerprint density at radius 3 is 2.24 bits per heavy atom. The molecular weight excluding hydrogens is 925 g/mol. The monoisotopic (exact) mass is 1010 g/mol. The van der Waals surface area contributed by atoms with Crippen LogP contribution in [0.5, 0.6) is 0 Å². The summed E-state index contributed by atoms with van der Waals surface area (Å²) in [5.41, 5.74) is 2.12. The summed E-state index contributed by atoms with van der Waals surface area (Å²) in [6.07, 6.45) is 3.99. The average molecular weight is 1010 g/mol. The van der Waals surface area contributed by atoms with Crippen molar-refractivity contribution in [2.45, 2.75) is 192 Å². The standard InChI is InChI=1S/C56H82N2O14/c1-31-24-34(4)50(61)52(69-9)51(62)35(5)25-32(2)45(60)30-47-42(27-37-18-22-44(59)48(28-37)68-8)41-16-13-23-57(49(41)55(65)70-47)54(64)53(63)56(66)36(6)17-19-39(71-56)29-46(67-7)33(3)26-40-20-21-43(31)58(72-40)38-14-11-10-12-15-38/h10-12,14-15,25-26,31-32,34,36-37,39-44,46-49,51-52,59,62,66H,13,16-24,27-30H2,1-9H3/b33-26?,35-25+/t31-,32+,34?,36?,37-,39-,40?,41?,42-,43?,44?,46-,47-,48+,49?,51?,52-,56?/m0/s1. The summed E-state index contributed by atoms with van der Waals surface area (Å²) in [4.78, 5) is 80.1. The number of piperidine rings is 1. The molecule has 72 heavy (non-hydrogen) atoms. The number of aliphatic hydroxyl groups is 3. The molecule has 8 bridgehead atoms. The Morgan fingerprint density at radius 1 is 0.806 bits per heavy atom. The first-order valence-electron chi connectivity index (χ1n) is 26.6. The molecule has 10 rings (SSSR count). The predicted molar refractivity (Wildman–Crippen MR) is 267 cm³/mol. The Labute approximate surface area is 426 Å². The van der Waals surface area contributed by atoms with Crippen molar-refractivity contribution in [1.29, 1.82) is 0 Å². The van der Waals surface area contributed by atoms with Gasteiger partial charge >= 0.3 is 5.97 Å². The van der Waals surface area contributed by atoms with Crippen molar-refractivity contribution >= 4 is 34.9 Å². The first-order valence-corrected chi connectivity index (χ1v) is 26.6. The molecule has 18 atom stereocenters. The minimum Gasteiger partial charge on any atom is -0.460 e. The molecule has 16 nitrogen and oxygen atoms in total. The summed E-state index contributed by atoms with van der Waals surface area (Å²) in [6, 6.07) is 8.58. The second kappa shape index (κ2) is 24.2. The summed E-state index contributed by atoms with van der Waals surface area (Å²) >= 11 is 0. The highest BCUT2D eigenvalue weighted by molar-refractivity contribution is 6.39. The van der Waals surface area contributed by atoms with E-state index >= 15 is 0 Å². The second-order valence-corrected chi connectivity index (χ2v) is 22.2. The molecule has 0 radical (unpaired) electrons. The number of methoxy groups -OCH3 is 3. The van der Waals surface area contributed by atoms with Crippen molar-refractivity contribution in [3.05, 3.63) is 53.6 Å². The number of hydrogen-bond acceptors (Lipinski definition) is 15. The Bertz CT molecular complexity index is 2130. The zero-order valence-electron chi connectivity index (χ0n) is 44.0. The van der Waals surface area contributed by atoms with E-state index in [2.05, 4.69) is 6.92 Å². The van der Waals surface area contributed by atoms with Gasteiger partial charge in [0, 0.05) is 64.4 Å². The van der Waals surface area contributed by atoms with Crippen LogP contribution in [-0.2, 0) is 52.5 Å². The summed E-state index contributed by atoms with van der Waals surface area (Å²) < 4.78 is 29.9. The Hall–Kier alpha value is -3.87. The van der Waals surface area contributed by atoms with Crippen LogP contribution >= 0.6 is 0 Å². The number of Topliss-reactive ketones (excluding diaryl/α,β-unsaturated/α-hetero) is 3. The van der Waals surface area contributed by atoms with Crippen LogP contribution in [0.2, 0.25) is 0 Å². The van der Waals surface area contributed by atoms with Crippen molar-refractivity contribution in [3.8, 4) is 0 Å². The third kappa shape index (κ3) is 12.1. The maximum absolute atomic E-state index is 14.6. The van der Waals surface area contributed by atoms with Crippen LogP contribution in [0.25, 0.3) is 0 Å². The number of amides is 1. The molecule has 1 aromatic rings. The highest BCUT2D eigenvalue weighted by atomic mass is 16.7. The fraction of sp³-hybridized carbons (Fsp3) is 0.732. The van der Waals surface area contributed by atoms with Gasteiger partial charge in [-0.15, -0.1) is 0 Å². The third-order valence-electron chi connectivity index (χ3n) is 17.3.